The number of hydrogen-bond donors (Lipinski definition) is 3. The van der Waals surface area contributed by atoms with Crippen molar-refractivity contribution in [2.75, 3.05) is 25.6 Å². The molecule has 2 aromatic carbocycles. The van der Waals surface area contributed by atoms with E-state index in [0.29, 0.717) is 20.9 Å². The van der Waals surface area contributed by atoms with Gasteiger partial charge in [-0.2, -0.15) is 0 Å². The molecule has 0 aliphatic carbocycles. The molecule has 5 aromatic heterocycles. The number of rotatable bonds is 11. The fourth-order valence-corrected chi connectivity index (χ4v) is 6.30. The molecule has 78 heavy (non-hydrogen) atoms. The summed E-state index contributed by atoms with van der Waals surface area (Å²) in [6, 6.07) is 10.1. The van der Waals surface area contributed by atoms with E-state index in [1.54, 1.807) is 34.6 Å². The Kier molecular flexibility index (Phi) is 36.7. The number of ether oxygens (including phenoxy) is 4. The van der Waals surface area contributed by atoms with Gasteiger partial charge < -0.3 is 34.9 Å². The molecule has 0 spiro atoms. The monoisotopic (exact) mass is 1670 g/mol. The van der Waals surface area contributed by atoms with Crippen LogP contribution in [0.3, 0.4) is 0 Å². The van der Waals surface area contributed by atoms with Crippen LogP contribution in [0.4, 0.5) is 36.6 Å². The van der Waals surface area contributed by atoms with Gasteiger partial charge in [-0.05, 0) is 65.8 Å². The molecule has 0 radical (unpaired) electrons. The van der Waals surface area contributed by atoms with Gasteiger partial charge >= 0.3 is 67.3 Å². The van der Waals surface area contributed by atoms with E-state index in [4.69, 9.17) is 36.7 Å². The Balaban J connectivity index is 0.000000988. The van der Waals surface area contributed by atoms with Crippen molar-refractivity contribution in [3.05, 3.63) is 148 Å². The number of alkyl halides is 2. The van der Waals surface area contributed by atoms with E-state index >= 15 is 0 Å². The van der Waals surface area contributed by atoms with Crippen molar-refractivity contribution in [2.24, 2.45) is 0 Å². The number of pyridine rings is 3. The molecule has 0 saturated heterocycles. The number of anilines is 1. The predicted molar refractivity (Wildman–Crippen MR) is 313 cm³/mol. The molecule has 1 unspecified atom stereocenters. The van der Waals surface area contributed by atoms with Gasteiger partial charge in [-0.1, -0.05) is 35.5 Å². The number of nitrogens with zero attached hydrogens (tertiary/aromatic N) is 5. The molecule has 7 aromatic rings. The van der Waals surface area contributed by atoms with Gasteiger partial charge in [-0.15, -0.1) is 11.6 Å². The third-order valence-electron chi connectivity index (χ3n) is 8.95. The van der Waals surface area contributed by atoms with E-state index in [9.17, 15) is 55.0 Å². The first-order valence-corrected chi connectivity index (χ1v) is 38.2. The van der Waals surface area contributed by atoms with Crippen molar-refractivity contribution in [3.8, 4) is 17.2 Å². The van der Waals surface area contributed by atoms with Crippen molar-refractivity contribution in [2.45, 2.75) is 66.3 Å². The van der Waals surface area contributed by atoms with Crippen LogP contribution in [0.2, 0.25) is 0 Å². The van der Waals surface area contributed by atoms with Gasteiger partial charge in [0.25, 0.3) is 0 Å². The minimum atomic E-state index is -1.14. The molecule has 0 bridgehead atoms. The second-order valence-electron chi connectivity index (χ2n) is 14.2. The molecule has 4 N–H and O–H groups in total. The SMILES string of the molecule is C.CCOC(=O)C(Cl)C(C)=O.CCOC(=O)c1c(C)nc2c(O)cc(F)cn12.CCOC(=O)c1c(C)nc2c(OCc3c(F)cccc3F)cc(F)cn12.Fc1cccc(F)c1CBr.II.Nc1ncc(F)cc1O.[I][V][I]. The van der Waals surface area contributed by atoms with E-state index in [-0.39, 0.29) is 95.2 Å². The Morgan fingerprint density at radius 1 is 0.718 bits per heavy atom. The normalized spacial score (nSPS) is 10.2. The summed E-state index contributed by atoms with van der Waals surface area (Å²) < 4.78 is 114. The molecule has 1 atom stereocenters. The average molecular weight is 1680 g/mol. The molecule has 5 heterocycles. The zero-order valence-electron chi connectivity index (χ0n) is 40.9. The van der Waals surface area contributed by atoms with Crippen LogP contribution in [-0.2, 0) is 45.2 Å². The number of nitrogen functional groups attached to an aromatic ring is 1. The van der Waals surface area contributed by atoms with E-state index in [1.807, 2.05) is 0 Å². The number of aromatic hydroxyl groups is 2. The molecule has 427 valence electrons. The van der Waals surface area contributed by atoms with Crippen LogP contribution >= 0.6 is 105 Å². The van der Waals surface area contributed by atoms with Crippen LogP contribution in [0.5, 0.6) is 17.2 Å². The molecular weight excluding hydrogens is 1630 g/mol. The summed E-state index contributed by atoms with van der Waals surface area (Å²) in [5.74, 6) is -7.57. The molecule has 0 aliphatic rings. The van der Waals surface area contributed by atoms with Crippen molar-refractivity contribution >= 4 is 146 Å². The first-order chi connectivity index (χ1) is 36.4. The number of carbonyl (C=O) groups excluding carboxylic acids is 4. The minimum absolute atomic E-state index is 0. The average Bonchev–Trinajstić information content (AvgIpc) is 3.89. The summed E-state index contributed by atoms with van der Waals surface area (Å²) in [7, 11) is 0.628. The molecular formula is C48H49BrClF7I4N6O10V. The molecule has 16 nitrogen and oxygen atoms in total. The molecule has 0 fully saturated rings. The number of nitrogens with two attached hydrogens (primary N) is 1. The summed E-state index contributed by atoms with van der Waals surface area (Å²) in [5, 5.41) is 17.3. The second-order valence-corrected chi connectivity index (χ2v) is 26.9. The number of Topliss-reactive ketones (excluding diaryl/α,β-unsaturated/α-hetero) is 1. The summed E-state index contributed by atoms with van der Waals surface area (Å²) in [6.45, 7) is 9.53. The van der Waals surface area contributed by atoms with Crippen molar-refractivity contribution in [1.82, 2.24) is 23.8 Å². The third kappa shape index (κ3) is 23.2. The van der Waals surface area contributed by atoms with Gasteiger partial charge in [0.15, 0.2) is 56.9 Å². The van der Waals surface area contributed by atoms with Crippen LogP contribution in [0.1, 0.15) is 78.6 Å². The fourth-order valence-electron chi connectivity index (χ4n) is 5.70. The summed E-state index contributed by atoms with van der Waals surface area (Å²) in [6.07, 6.45) is 3.09. The maximum absolute atomic E-state index is 14.0. The number of fused-ring (bicyclic) bond motifs is 2. The number of esters is 3. The predicted octanol–water partition coefficient (Wildman–Crippen LogP) is 13.8. The first-order valence-electron chi connectivity index (χ1n) is 21.3. The number of halogens is 13. The van der Waals surface area contributed by atoms with E-state index < -0.39 is 70.6 Å². The number of ketones is 1. The summed E-state index contributed by atoms with van der Waals surface area (Å²) >= 11 is 17.3. The van der Waals surface area contributed by atoms with Gasteiger partial charge in [0.1, 0.15) is 47.3 Å². The number of hydrogen-bond acceptors (Lipinski definition) is 14. The second kappa shape index (κ2) is 38.6. The van der Waals surface area contributed by atoms with E-state index in [2.05, 4.69) is 113 Å². The maximum atomic E-state index is 14.0. The zero-order valence-corrected chi connectivity index (χ0v) is 53.2. The Labute approximate surface area is 509 Å². The van der Waals surface area contributed by atoms with Crippen molar-refractivity contribution < 1.29 is 88.5 Å². The van der Waals surface area contributed by atoms with Gasteiger partial charge in [0.05, 0.1) is 43.0 Å². The van der Waals surface area contributed by atoms with Gasteiger partial charge in [-0.3, -0.25) is 13.6 Å². The molecule has 0 aliphatic heterocycles. The third-order valence-corrected chi connectivity index (χ3v) is 10.00. The van der Waals surface area contributed by atoms with Crippen LogP contribution < -0.4 is 10.5 Å². The summed E-state index contributed by atoms with van der Waals surface area (Å²) in [5.41, 5.74) is 6.01. The van der Waals surface area contributed by atoms with E-state index in [1.165, 1.54) is 40.0 Å². The number of benzene rings is 2. The fraction of sp³-hybridized carbons (Fsp3) is 0.271. The van der Waals surface area contributed by atoms with Crippen LogP contribution in [0.15, 0.2) is 73.2 Å². The van der Waals surface area contributed by atoms with Crippen LogP contribution in [0, 0.1) is 54.6 Å². The van der Waals surface area contributed by atoms with Crippen molar-refractivity contribution in [1.29, 1.82) is 0 Å². The molecule has 0 amide bonds. The van der Waals surface area contributed by atoms with Crippen LogP contribution in [0.25, 0.3) is 11.3 Å². The van der Waals surface area contributed by atoms with Gasteiger partial charge in [-0.25, -0.2) is 60.1 Å². The number of carbonyl (C=O) groups is 4. The van der Waals surface area contributed by atoms with Gasteiger partial charge in [0.2, 0.25) is 0 Å². The van der Waals surface area contributed by atoms with Crippen molar-refractivity contribution in [3.63, 3.8) is 0 Å². The molecule has 7 rings (SSSR count). The Morgan fingerprint density at radius 2 is 1.13 bits per heavy atom. The quantitative estimate of drug-likeness (QED) is 0.0274. The van der Waals surface area contributed by atoms with E-state index in [0.717, 1.165) is 48.9 Å². The van der Waals surface area contributed by atoms with Crippen LogP contribution in [-0.4, -0.2) is 82.9 Å². The van der Waals surface area contributed by atoms with Gasteiger partial charge in [0, 0.05) is 78.7 Å². The Morgan fingerprint density at radius 3 is 1.53 bits per heavy atom. The Bertz CT molecular complexity index is 3040. The Hall–Kier alpha value is -3.97. The standard InChI is InChI=1S/C18H15F3N2O3.C11H11FN2O3.C7H5BrF2.C6H9ClO3.C5H5FN2O.CH4.I2.2HI.V/c1-3-25-18(24)16-10(2)22-17-15(7-11(19)8-23(16)17)26-9-12-13(20)5-4-6-14(12)21;1-3-17-11(16)9-6(2)13-10-8(15)4-7(12)5-14(9)10;8-4-5-6(9)2-1-3-7(5)10;1-3-10-6(9)5(7)4(2)8;6-3-1-4(9)5(7)8-2-3;;1-2;;;/h4-8H,3,9H2,1-2H3;4-5,15H,3H2,1-2H3;1-3H,4H2;5H,3H2,1-2H3;1-2,9H,(H2,7,8);1H4;;2*1H;/q;;;;;;;;;+2/p-2. The molecule has 30 heteroatoms. The summed E-state index contributed by atoms with van der Waals surface area (Å²) in [4.78, 5) is 56.3. The number of aromatic nitrogens is 5. The number of imidazole rings is 2. The first kappa shape index (κ1) is 74.0. The molecule has 0 saturated carbocycles. The topological polar surface area (TPSA) is 219 Å². The number of aryl methyl sites for hydroxylation is 2. The zero-order chi connectivity index (χ0) is 58.7.